The van der Waals surface area contributed by atoms with Crippen LogP contribution in [0.4, 0.5) is 0 Å². The van der Waals surface area contributed by atoms with E-state index in [1.807, 2.05) is 6.92 Å². The van der Waals surface area contributed by atoms with Crippen LogP contribution in [0.2, 0.25) is 0 Å². The quantitative estimate of drug-likeness (QED) is 0.484. The molecule has 0 aliphatic rings. The minimum Gasteiger partial charge on any atom is -0.462 e. The van der Waals surface area contributed by atoms with E-state index in [0.717, 1.165) is 7.11 Å². The molecule has 3 nitrogen and oxygen atoms in total. The van der Waals surface area contributed by atoms with Gasteiger partial charge in [-0.25, -0.2) is 0 Å². The molecule has 7 heteroatoms. The van der Waals surface area contributed by atoms with Crippen LogP contribution in [0.25, 0.3) is 0 Å². The van der Waals surface area contributed by atoms with Gasteiger partial charge in [-0.3, -0.25) is 4.79 Å². The van der Waals surface area contributed by atoms with E-state index in [0.29, 0.717) is 6.42 Å². The molecule has 0 amide bonds. The van der Waals surface area contributed by atoms with Crippen molar-refractivity contribution in [3.8, 4) is 0 Å². The van der Waals surface area contributed by atoms with Crippen LogP contribution in [0.1, 0.15) is 20.3 Å². The minimum atomic E-state index is -2.88. The molecule has 0 aromatic rings. The van der Waals surface area contributed by atoms with Gasteiger partial charge in [0.2, 0.25) is 0 Å². The smallest absolute Gasteiger partial charge is 0.381 e. The zero-order valence-electron chi connectivity index (χ0n) is 7.68. The maximum Gasteiger partial charge on any atom is 0.381 e. The largest absolute Gasteiger partial charge is 0.462 e. The molecule has 0 rings (SSSR count). The summed E-state index contributed by atoms with van der Waals surface area (Å²) in [6.07, 6.45) is 0.544. The Bertz CT molecular complexity index is 149. The molecule has 0 fully saturated rings. The lowest BCUT2D eigenvalue weighted by atomic mass is 10.5. The number of halogens is 3. The molecule has 0 spiro atoms. The van der Waals surface area contributed by atoms with Gasteiger partial charge >= 0.3 is 12.0 Å². The van der Waals surface area contributed by atoms with Crippen molar-refractivity contribution in [2.75, 3.05) is 7.11 Å². The van der Waals surface area contributed by atoms with Crippen LogP contribution >= 0.6 is 33.2 Å². The maximum absolute atomic E-state index is 10.5. The molecule has 1 atom stereocenters. The summed E-state index contributed by atoms with van der Waals surface area (Å²) < 4.78 is 4.79. The number of carbonyl (C=O) groups is 1. The highest BCUT2D eigenvalue weighted by Crippen LogP contribution is 2.28. The fourth-order valence-corrected chi connectivity index (χ4v) is 3.13. The Balaban J connectivity index is 0. The first kappa shape index (κ1) is 16.0. The predicted octanol–water partition coefficient (Wildman–Crippen LogP) is 2.13. The van der Waals surface area contributed by atoms with Crippen molar-refractivity contribution in [1.82, 2.24) is 0 Å². The van der Waals surface area contributed by atoms with Crippen LogP contribution in [-0.4, -0.2) is 29.9 Å². The lowest BCUT2D eigenvalue weighted by Crippen LogP contribution is -2.34. The Morgan fingerprint density at radius 3 is 1.92 bits per heavy atom. The lowest BCUT2D eigenvalue weighted by molar-refractivity contribution is -0.143. The van der Waals surface area contributed by atoms with Gasteiger partial charge in [-0.05, 0) is 6.42 Å². The first-order chi connectivity index (χ1) is 5.88. The van der Waals surface area contributed by atoms with E-state index >= 15 is 0 Å². The lowest BCUT2D eigenvalue weighted by Gasteiger charge is -2.19. The summed E-state index contributed by atoms with van der Waals surface area (Å²) in [5.74, 6) is -0.407. The molecule has 1 unspecified atom stereocenters. The highest BCUT2D eigenvalue weighted by Gasteiger charge is 2.38. The van der Waals surface area contributed by atoms with Crippen molar-refractivity contribution in [2.24, 2.45) is 0 Å². The van der Waals surface area contributed by atoms with E-state index in [9.17, 15) is 4.79 Å². The number of hydrogen-bond acceptors (Lipinski definition) is 3. The SMILES string of the molecule is CCC(OC(C)=O)[Si](Cl)(Cl)Cl.CO. The Morgan fingerprint density at radius 1 is 1.46 bits per heavy atom. The summed E-state index contributed by atoms with van der Waals surface area (Å²) in [4.78, 5) is 10.5. The third-order valence-electron chi connectivity index (χ3n) is 1.04. The van der Waals surface area contributed by atoms with Gasteiger partial charge in [0, 0.05) is 14.0 Å². The van der Waals surface area contributed by atoms with Gasteiger partial charge in [0.25, 0.3) is 0 Å². The van der Waals surface area contributed by atoms with E-state index in [4.69, 9.17) is 43.1 Å². The normalized spacial score (nSPS) is 12.5. The van der Waals surface area contributed by atoms with Crippen LogP contribution < -0.4 is 0 Å². The number of hydrogen-bond donors (Lipinski definition) is 1. The summed E-state index contributed by atoms with van der Waals surface area (Å²) in [6.45, 7) is 3.11. The number of carbonyl (C=O) groups excluding carboxylic acids is 1. The Labute approximate surface area is 93.0 Å². The van der Waals surface area contributed by atoms with E-state index in [-0.39, 0.29) is 0 Å². The molecule has 0 saturated carbocycles. The molecular weight excluding hydrogens is 255 g/mol. The number of aliphatic hydroxyl groups is 1. The predicted molar refractivity (Wildman–Crippen MR) is 57.3 cm³/mol. The molecule has 0 bridgehead atoms. The van der Waals surface area contributed by atoms with Crippen LogP contribution in [0.15, 0.2) is 0 Å². The zero-order valence-corrected chi connectivity index (χ0v) is 10.9. The number of rotatable bonds is 3. The monoisotopic (exact) mass is 266 g/mol. The van der Waals surface area contributed by atoms with Gasteiger partial charge in [0.15, 0.2) is 0 Å². The van der Waals surface area contributed by atoms with Crippen molar-refractivity contribution in [2.45, 2.75) is 26.0 Å². The average Bonchev–Trinajstić information content (AvgIpc) is 2.01. The van der Waals surface area contributed by atoms with Crippen LogP contribution in [0.5, 0.6) is 0 Å². The van der Waals surface area contributed by atoms with Gasteiger partial charge < -0.3 is 9.84 Å². The number of ether oxygens (including phenoxy) is 1. The van der Waals surface area contributed by atoms with Gasteiger partial charge in [0.05, 0.1) is 0 Å². The molecule has 0 radical (unpaired) electrons. The van der Waals surface area contributed by atoms with Gasteiger partial charge in [0.1, 0.15) is 5.73 Å². The zero-order chi connectivity index (χ0) is 11.1. The van der Waals surface area contributed by atoms with Gasteiger partial charge in [-0.15, -0.1) is 33.2 Å². The van der Waals surface area contributed by atoms with Crippen molar-refractivity contribution in [1.29, 1.82) is 0 Å². The average molecular weight is 268 g/mol. The second kappa shape index (κ2) is 7.88. The summed E-state index contributed by atoms with van der Waals surface area (Å²) in [5, 5.41) is 7.00. The molecule has 0 aromatic heterocycles. The Kier molecular flexibility index (Phi) is 9.68. The van der Waals surface area contributed by atoms with E-state index in [2.05, 4.69) is 0 Å². The van der Waals surface area contributed by atoms with Crippen LogP contribution in [0, 0.1) is 0 Å². The second-order valence-corrected chi connectivity index (χ2v) is 10.9. The summed E-state index contributed by atoms with van der Waals surface area (Å²) in [5.41, 5.74) is -0.523. The fourth-order valence-electron chi connectivity index (χ4n) is 0.582. The topological polar surface area (TPSA) is 46.5 Å². The van der Waals surface area contributed by atoms with E-state index in [1.165, 1.54) is 6.92 Å². The Morgan fingerprint density at radius 2 is 1.85 bits per heavy atom. The molecule has 0 aromatic carbocycles. The van der Waals surface area contributed by atoms with Crippen molar-refractivity contribution in [3.05, 3.63) is 0 Å². The molecule has 0 aliphatic heterocycles. The first-order valence-electron chi connectivity index (χ1n) is 3.56. The molecular formula is C6H13Cl3O3Si. The van der Waals surface area contributed by atoms with Crippen LogP contribution in [-0.2, 0) is 9.53 Å². The summed E-state index contributed by atoms with van der Waals surface area (Å²) >= 11 is 16.9. The fraction of sp³-hybridized carbons (Fsp3) is 0.833. The van der Waals surface area contributed by atoms with E-state index in [1.54, 1.807) is 0 Å². The molecule has 0 heterocycles. The maximum atomic E-state index is 10.5. The van der Waals surface area contributed by atoms with Crippen molar-refractivity contribution >= 4 is 45.2 Å². The Hall–Kier alpha value is 0.517. The molecule has 1 N–H and O–H groups in total. The molecule has 0 saturated heterocycles. The van der Waals surface area contributed by atoms with Gasteiger partial charge in [-0.2, -0.15) is 0 Å². The third kappa shape index (κ3) is 8.84. The van der Waals surface area contributed by atoms with Crippen molar-refractivity contribution in [3.63, 3.8) is 0 Å². The summed E-state index contributed by atoms with van der Waals surface area (Å²) in [6, 6.07) is -2.88. The molecule has 13 heavy (non-hydrogen) atoms. The first-order valence-corrected chi connectivity index (χ1v) is 8.68. The number of esters is 1. The minimum absolute atomic E-state index is 0.407. The standard InChI is InChI=1S/C5H9Cl3O2Si.CH4O/c1-3-5(10-4(2)9)11(6,7)8;1-2/h5H,3H2,1-2H3;2H,1H3. The van der Waals surface area contributed by atoms with Gasteiger partial charge in [-0.1, -0.05) is 6.92 Å². The molecule has 80 valence electrons. The second-order valence-electron chi connectivity index (χ2n) is 2.05. The molecule has 0 aliphatic carbocycles. The third-order valence-corrected chi connectivity index (χ3v) is 4.49. The van der Waals surface area contributed by atoms with E-state index < -0.39 is 17.7 Å². The summed E-state index contributed by atoms with van der Waals surface area (Å²) in [7, 11) is 1.00. The van der Waals surface area contributed by atoms with Crippen molar-refractivity contribution < 1.29 is 14.6 Å². The highest BCUT2D eigenvalue weighted by molar-refractivity contribution is 7.65. The van der Waals surface area contributed by atoms with Crippen LogP contribution in [0.3, 0.4) is 0 Å². The highest BCUT2D eigenvalue weighted by atomic mass is 35.8. The number of aliphatic hydroxyl groups excluding tert-OH is 1.